The molecule has 0 aliphatic rings. The molecule has 2 rings (SSSR count). The van der Waals surface area contributed by atoms with Crippen molar-refractivity contribution in [3.63, 3.8) is 0 Å². The lowest BCUT2D eigenvalue weighted by Crippen LogP contribution is -2.37. The molecule has 0 heterocycles. The minimum atomic E-state index is -1.23. The first-order valence-electron chi connectivity index (χ1n) is 7.10. The van der Waals surface area contributed by atoms with Gasteiger partial charge < -0.3 is 5.32 Å². The maximum atomic E-state index is 13.6. The quantitative estimate of drug-likeness (QED) is 0.773. The highest BCUT2D eigenvalue weighted by atomic mass is 79.9. The Kier molecular flexibility index (Phi) is 5.36. The Morgan fingerprint density at radius 2 is 1.67 bits per heavy atom. The van der Waals surface area contributed by atoms with Gasteiger partial charge in [-0.2, -0.15) is 0 Å². The molecular weight excluding hydrogens is 345 g/mol. The summed E-state index contributed by atoms with van der Waals surface area (Å²) < 4.78 is 14.5. The van der Waals surface area contributed by atoms with Crippen LogP contribution in [0.15, 0.2) is 46.9 Å². The number of rotatable bonds is 5. The third kappa shape index (κ3) is 4.76. The topological polar surface area (TPSA) is 12.0 Å². The lowest BCUT2D eigenvalue weighted by molar-refractivity contribution is 0.587. The first-order valence-corrected chi connectivity index (χ1v) is 11.4. The van der Waals surface area contributed by atoms with Crippen molar-refractivity contribution < 1.29 is 4.39 Å². The Balaban J connectivity index is 1.93. The fourth-order valence-corrected chi connectivity index (χ4v) is 3.72. The molecule has 0 radical (unpaired) electrons. The van der Waals surface area contributed by atoms with Gasteiger partial charge in [-0.15, -0.1) is 0 Å². The van der Waals surface area contributed by atoms with E-state index in [4.69, 9.17) is 0 Å². The number of benzene rings is 2. The fourth-order valence-electron chi connectivity index (χ4n) is 2.14. The monoisotopic (exact) mass is 365 g/mol. The Hall–Kier alpha value is -0.973. The van der Waals surface area contributed by atoms with Crippen molar-refractivity contribution in [1.82, 2.24) is 5.32 Å². The summed E-state index contributed by atoms with van der Waals surface area (Å²) in [6.07, 6.45) is 0. The summed E-state index contributed by atoms with van der Waals surface area (Å²) in [6, 6.07) is 13.8. The summed E-state index contributed by atoms with van der Waals surface area (Å²) in [6.45, 7) is 8.31. The van der Waals surface area contributed by atoms with Gasteiger partial charge in [-0.3, -0.25) is 0 Å². The van der Waals surface area contributed by atoms with Crippen LogP contribution in [0.25, 0.3) is 0 Å². The van der Waals surface area contributed by atoms with Crippen LogP contribution in [0.1, 0.15) is 11.1 Å². The van der Waals surface area contributed by atoms with Crippen molar-refractivity contribution in [1.29, 1.82) is 0 Å². The van der Waals surface area contributed by atoms with Gasteiger partial charge >= 0.3 is 0 Å². The third-order valence-electron chi connectivity index (χ3n) is 3.47. The molecule has 112 valence electrons. The van der Waals surface area contributed by atoms with E-state index in [-0.39, 0.29) is 5.82 Å². The van der Waals surface area contributed by atoms with Crippen molar-refractivity contribution in [2.75, 3.05) is 0 Å². The molecule has 1 N–H and O–H groups in total. The Labute approximate surface area is 135 Å². The minimum Gasteiger partial charge on any atom is -0.309 e. The fraction of sp³-hybridized carbons (Fsp3) is 0.294. The van der Waals surface area contributed by atoms with Gasteiger partial charge in [-0.1, -0.05) is 65.0 Å². The van der Waals surface area contributed by atoms with Crippen LogP contribution in [-0.4, -0.2) is 8.07 Å². The Morgan fingerprint density at radius 1 is 1.00 bits per heavy atom. The molecule has 0 aliphatic carbocycles. The SMILES string of the molecule is C[Si](C)(C)c1ccc(CNCc2cc(Br)ccc2F)cc1. The first kappa shape index (κ1) is 16.4. The molecule has 21 heavy (non-hydrogen) atoms. The molecular formula is C17H21BrFNSi. The second-order valence-corrected chi connectivity index (χ2v) is 12.3. The second-order valence-electron chi connectivity index (χ2n) is 6.29. The first-order chi connectivity index (χ1) is 9.86. The minimum absolute atomic E-state index is 0.167. The van der Waals surface area contributed by atoms with E-state index < -0.39 is 8.07 Å². The van der Waals surface area contributed by atoms with Gasteiger partial charge in [0.1, 0.15) is 5.82 Å². The largest absolute Gasteiger partial charge is 0.309 e. The van der Waals surface area contributed by atoms with Crippen LogP contribution in [0.5, 0.6) is 0 Å². The van der Waals surface area contributed by atoms with Crippen molar-refractivity contribution in [2.24, 2.45) is 0 Å². The van der Waals surface area contributed by atoms with Crippen molar-refractivity contribution >= 4 is 29.2 Å². The van der Waals surface area contributed by atoms with Gasteiger partial charge in [-0.25, -0.2) is 4.39 Å². The summed E-state index contributed by atoms with van der Waals surface area (Å²) in [5, 5.41) is 4.76. The predicted octanol–water partition coefficient (Wildman–Crippen LogP) is 4.42. The standard InChI is InChI=1S/C17H21BrFNSi/c1-21(2,3)16-7-4-13(5-8-16)11-20-12-14-10-15(18)6-9-17(14)19/h4-10,20H,11-12H2,1-3H3. The van der Waals surface area contributed by atoms with Crippen LogP contribution < -0.4 is 10.5 Å². The van der Waals surface area contributed by atoms with Gasteiger partial charge in [0, 0.05) is 23.1 Å². The average molecular weight is 366 g/mol. The van der Waals surface area contributed by atoms with Crippen molar-refractivity contribution in [3.8, 4) is 0 Å². The molecule has 0 saturated carbocycles. The summed E-state index contributed by atoms with van der Waals surface area (Å²) in [7, 11) is -1.23. The summed E-state index contributed by atoms with van der Waals surface area (Å²) in [5.74, 6) is -0.167. The van der Waals surface area contributed by atoms with E-state index in [1.54, 1.807) is 6.07 Å². The van der Waals surface area contributed by atoms with Crippen LogP contribution in [0.3, 0.4) is 0 Å². The third-order valence-corrected chi connectivity index (χ3v) is 6.03. The maximum absolute atomic E-state index is 13.6. The second kappa shape index (κ2) is 6.86. The molecule has 2 aromatic carbocycles. The smallest absolute Gasteiger partial charge is 0.127 e. The molecule has 0 spiro atoms. The van der Waals surface area contributed by atoms with E-state index in [1.165, 1.54) is 16.8 Å². The van der Waals surface area contributed by atoms with Crippen LogP contribution in [0, 0.1) is 5.82 Å². The molecule has 1 nitrogen and oxygen atoms in total. The molecule has 0 bridgehead atoms. The molecule has 2 aromatic rings. The van der Waals surface area contributed by atoms with Crippen LogP contribution in [-0.2, 0) is 13.1 Å². The zero-order chi connectivity index (χ0) is 15.5. The summed E-state index contributed by atoms with van der Waals surface area (Å²) >= 11 is 3.37. The molecule has 0 unspecified atom stereocenters. The number of hydrogen-bond acceptors (Lipinski definition) is 1. The van der Waals surface area contributed by atoms with Crippen LogP contribution in [0.2, 0.25) is 19.6 Å². The van der Waals surface area contributed by atoms with E-state index in [2.05, 4.69) is 65.2 Å². The van der Waals surface area contributed by atoms with E-state index in [1.807, 2.05) is 6.07 Å². The molecule has 0 aromatic heterocycles. The highest BCUT2D eigenvalue weighted by Crippen LogP contribution is 2.15. The Bertz CT molecular complexity index is 605. The Morgan fingerprint density at radius 3 is 2.29 bits per heavy atom. The summed E-state index contributed by atoms with van der Waals surface area (Å²) in [5.41, 5.74) is 1.91. The van der Waals surface area contributed by atoms with E-state index in [0.29, 0.717) is 12.1 Å². The molecule has 0 fully saturated rings. The molecule has 0 amide bonds. The highest BCUT2D eigenvalue weighted by molar-refractivity contribution is 9.10. The van der Waals surface area contributed by atoms with E-state index in [0.717, 1.165) is 11.0 Å². The molecule has 4 heteroatoms. The zero-order valence-corrected chi connectivity index (χ0v) is 15.3. The highest BCUT2D eigenvalue weighted by Gasteiger charge is 2.15. The van der Waals surface area contributed by atoms with Gasteiger partial charge in [-0.05, 0) is 23.8 Å². The molecule has 0 saturated heterocycles. The average Bonchev–Trinajstić information content (AvgIpc) is 2.42. The van der Waals surface area contributed by atoms with E-state index >= 15 is 0 Å². The maximum Gasteiger partial charge on any atom is 0.127 e. The molecule has 0 aliphatic heterocycles. The van der Waals surface area contributed by atoms with Crippen LogP contribution >= 0.6 is 15.9 Å². The number of nitrogens with one attached hydrogen (secondary N) is 1. The lowest BCUT2D eigenvalue weighted by Gasteiger charge is -2.16. The van der Waals surface area contributed by atoms with Gasteiger partial charge in [0.15, 0.2) is 0 Å². The van der Waals surface area contributed by atoms with Crippen molar-refractivity contribution in [2.45, 2.75) is 32.7 Å². The molecule has 0 atom stereocenters. The van der Waals surface area contributed by atoms with Crippen molar-refractivity contribution in [3.05, 3.63) is 63.9 Å². The predicted molar refractivity (Wildman–Crippen MR) is 94.1 cm³/mol. The number of hydrogen-bond donors (Lipinski definition) is 1. The van der Waals surface area contributed by atoms with Gasteiger partial charge in [0.2, 0.25) is 0 Å². The van der Waals surface area contributed by atoms with E-state index in [9.17, 15) is 4.39 Å². The normalized spacial score (nSPS) is 11.7. The van der Waals surface area contributed by atoms with Gasteiger partial charge in [0.05, 0.1) is 8.07 Å². The number of halogens is 2. The summed E-state index contributed by atoms with van der Waals surface area (Å²) in [4.78, 5) is 0. The van der Waals surface area contributed by atoms with Gasteiger partial charge in [0.25, 0.3) is 0 Å². The zero-order valence-electron chi connectivity index (χ0n) is 12.7. The lowest BCUT2D eigenvalue weighted by atomic mass is 10.2. The van der Waals surface area contributed by atoms with Crippen LogP contribution in [0.4, 0.5) is 4.39 Å².